The molecule has 0 saturated carbocycles. The molecule has 0 fully saturated rings. The van der Waals surface area contributed by atoms with Crippen molar-refractivity contribution in [1.82, 2.24) is 0 Å². The minimum atomic E-state index is -0.615. The van der Waals surface area contributed by atoms with E-state index >= 15 is 0 Å². The Labute approximate surface area is 176 Å². The van der Waals surface area contributed by atoms with Crippen LogP contribution in [0.15, 0.2) is 77.7 Å². The molecular weight excluding hydrogens is 382 g/mol. The maximum atomic E-state index is 12.5. The average Bonchev–Trinajstić information content (AvgIpc) is 2.75. The average molecular weight is 408 g/mol. The summed E-state index contributed by atoms with van der Waals surface area (Å²) >= 11 is 1.79. The highest BCUT2D eigenvalue weighted by Crippen LogP contribution is 2.25. The van der Waals surface area contributed by atoms with E-state index in [4.69, 9.17) is 9.47 Å². The van der Waals surface area contributed by atoms with Crippen LogP contribution in [0, 0.1) is 6.92 Å². The second-order valence-electron chi connectivity index (χ2n) is 6.68. The fourth-order valence-electron chi connectivity index (χ4n) is 2.79. The third kappa shape index (κ3) is 6.03. The van der Waals surface area contributed by atoms with Crippen LogP contribution in [0.25, 0.3) is 0 Å². The molecule has 0 aliphatic rings. The summed E-state index contributed by atoms with van der Waals surface area (Å²) in [5.74, 6) is 2.07. The molecular formula is C24H25NO3S. The summed E-state index contributed by atoms with van der Waals surface area (Å²) in [6.07, 6.45) is -0.615. The summed E-state index contributed by atoms with van der Waals surface area (Å²) in [6.45, 7) is 3.74. The van der Waals surface area contributed by atoms with E-state index in [1.807, 2.05) is 37.3 Å². The van der Waals surface area contributed by atoms with E-state index in [0.717, 1.165) is 22.8 Å². The lowest BCUT2D eigenvalue weighted by molar-refractivity contribution is -0.122. The van der Waals surface area contributed by atoms with Crippen LogP contribution in [0.5, 0.6) is 11.5 Å². The number of anilines is 1. The summed E-state index contributed by atoms with van der Waals surface area (Å²) in [4.78, 5) is 13.8. The minimum Gasteiger partial charge on any atom is -0.497 e. The van der Waals surface area contributed by atoms with Crippen LogP contribution in [-0.2, 0) is 10.5 Å². The quantitative estimate of drug-likeness (QED) is 0.487. The van der Waals surface area contributed by atoms with Gasteiger partial charge in [-0.2, -0.15) is 0 Å². The SMILES string of the molecule is COc1ccc(OC(C)C(=O)Nc2ccc(CSc3ccccc3)cc2C)cc1. The summed E-state index contributed by atoms with van der Waals surface area (Å²) < 4.78 is 10.9. The number of methoxy groups -OCH3 is 1. The molecule has 4 nitrogen and oxygen atoms in total. The van der Waals surface area contributed by atoms with E-state index in [2.05, 4.69) is 23.5 Å². The number of thioether (sulfide) groups is 1. The number of rotatable bonds is 8. The Hall–Kier alpha value is -2.92. The number of hydrogen-bond donors (Lipinski definition) is 1. The third-order valence-electron chi connectivity index (χ3n) is 4.44. The van der Waals surface area contributed by atoms with Crippen molar-refractivity contribution < 1.29 is 14.3 Å². The Morgan fingerprint density at radius 3 is 2.34 bits per heavy atom. The van der Waals surface area contributed by atoms with Crippen LogP contribution in [0.2, 0.25) is 0 Å². The lowest BCUT2D eigenvalue weighted by atomic mass is 10.1. The second-order valence-corrected chi connectivity index (χ2v) is 7.72. The molecule has 0 spiro atoms. The molecule has 0 aliphatic heterocycles. The number of benzene rings is 3. The maximum absolute atomic E-state index is 12.5. The zero-order chi connectivity index (χ0) is 20.6. The van der Waals surface area contributed by atoms with Crippen molar-refractivity contribution in [3.05, 3.63) is 83.9 Å². The molecule has 1 atom stereocenters. The van der Waals surface area contributed by atoms with Crippen LogP contribution in [0.1, 0.15) is 18.1 Å². The van der Waals surface area contributed by atoms with E-state index < -0.39 is 6.10 Å². The van der Waals surface area contributed by atoms with Gasteiger partial charge in [0.05, 0.1) is 7.11 Å². The second kappa shape index (κ2) is 10.0. The monoisotopic (exact) mass is 407 g/mol. The lowest BCUT2D eigenvalue weighted by Crippen LogP contribution is -2.30. The van der Waals surface area contributed by atoms with Crippen LogP contribution < -0.4 is 14.8 Å². The normalized spacial score (nSPS) is 11.6. The molecule has 29 heavy (non-hydrogen) atoms. The van der Waals surface area contributed by atoms with Crippen LogP contribution in [-0.4, -0.2) is 19.1 Å². The number of carbonyl (C=O) groups is 1. The van der Waals surface area contributed by atoms with Gasteiger partial charge in [0.2, 0.25) is 0 Å². The lowest BCUT2D eigenvalue weighted by Gasteiger charge is -2.16. The molecule has 0 aromatic heterocycles. The van der Waals surface area contributed by atoms with Gasteiger partial charge in [-0.25, -0.2) is 0 Å². The van der Waals surface area contributed by atoms with E-state index in [1.54, 1.807) is 50.1 Å². The van der Waals surface area contributed by atoms with Crippen molar-refractivity contribution in [3.8, 4) is 11.5 Å². The summed E-state index contributed by atoms with van der Waals surface area (Å²) in [5.41, 5.74) is 3.05. The topological polar surface area (TPSA) is 47.6 Å². The molecule has 0 bridgehead atoms. The minimum absolute atomic E-state index is 0.185. The molecule has 0 radical (unpaired) electrons. The summed E-state index contributed by atoms with van der Waals surface area (Å²) in [6, 6.07) is 23.6. The van der Waals surface area contributed by atoms with Gasteiger partial charge in [-0.3, -0.25) is 4.79 Å². The van der Waals surface area contributed by atoms with Crippen LogP contribution in [0.4, 0.5) is 5.69 Å². The Bertz CT molecular complexity index is 942. The van der Waals surface area contributed by atoms with Gasteiger partial charge >= 0.3 is 0 Å². The molecule has 3 aromatic rings. The number of ether oxygens (including phenoxy) is 2. The number of hydrogen-bond acceptors (Lipinski definition) is 4. The van der Waals surface area contributed by atoms with Gasteiger partial charge in [-0.15, -0.1) is 11.8 Å². The van der Waals surface area contributed by atoms with Gasteiger partial charge < -0.3 is 14.8 Å². The largest absolute Gasteiger partial charge is 0.497 e. The third-order valence-corrected chi connectivity index (χ3v) is 5.52. The van der Waals surface area contributed by atoms with Gasteiger partial charge in [0.1, 0.15) is 11.5 Å². The molecule has 0 heterocycles. The van der Waals surface area contributed by atoms with Gasteiger partial charge in [-0.1, -0.05) is 30.3 Å². The zero-order valence-corrected chi connectivity index (χ0v) is 17.7. The predicted octanol–water partition coefficient (Wildman–Crippen LogP) is 5.70. The molecule has 150 valence electrons. The molecule has 1 N–H and O–H groups in total. The molecule has 1 amide bonds. The number of carbonyl (C=O) groups excluding carboxylic acids is 1. The van der Waals surface area contributed by atoms with Crippen molar-refractivity contribution in [2.75, 3.05) is 12.4 Å². The first-order chi connectivity index (χ1) is 14.0. The van der Waals surface area contributed by atoms with Crippen molar-refractivity contribution in [2.45, 2.75) is 30.6 Å². The van der Waals surface area contributed by atoms with Gasteiger partial charge in [0, 0.05) is 16.3 Å². The zero-order valence-electron chi connectivity index (χ0n) is 16.8. The summed E-state index contributed by atoms with van der Waals surface area (Å²) in [7, 11) is 1.61. The Morgan fingerprint density at radius 2 is 1.69 bits per heavy atom. The molecule has 3 rings (SSSR count). The molecule has 1 unspecified atom stereocenters. The summed E-state index contributed by atoms with van der Waals surface area (Å²) in [5, 5.41) is 2.96. The standard InChI is InChI=1S/C24H25NO3S/c1-17-15-19(16-29-22-7-5-4-6-8-22)9-14-23(17)25-24(26)18(2)28-21-12-10-20(27-3)11-13-21/h4-15,18H,16H2,1-3H3,(H,25,26). The molecule has 0 saturated heterocycles. The highest BCUT2D eigenvalue weighted by atomic mass is 32.2. The molecule has 0 aliphatic carbocycles. The first kappa shape index (κ1) is 20.8. The number of nitrogens with one attached hydrogen (secondary N) is 1. The van der Waals surface area contributed by atoms with E-state index in [9.17, 15) is 4.79 Å². The smallest absolute Gasteiger partial charge is 0.265 e. The fourth-order valence-corrected chi connectivity index (χ4v) is 3.65. The first-order valence-electron chi connectivity index (χ1n) is 9.44. The van der Waals surface area contributed by atoms with E-state index in [0.29, 0.717) is 5.75 Å². The maximum Gasteiger partial charge on any atom is 0.265 e. The van der Waals surface area contributed by atoms with E-state index in [-0.39, 0.29) is 5.91 Å². The molecule has 3 aromatic carbocycles. The Morgan fingerprint density at radius 1 is 1.00 bits per heavy atom. The highest BCUT2D eigenvalue weighted by molar-refractivity contribution is 7.98. The van der Waals surface area contributed by atoms with Gasteiger partial charge in [-0.05, 0) is 67.4 Å². The fraction of sp³-hybridized carbons (Fsp3) is 0.208. The van der Waals surface area contributed by atoms with Crippen LogP contribution >= 0.6 is 11.8 Å². The van der Waals surface area contributed by atoms with Crippen molar-refractivity contribution in [2.24, 2.45) is 0 Å². The number of amides is 1. The molecule has 5 heteroatoms. The Balaban J connectivity index is 1.56. The van der Waals surface area contributed by atoms with E-state index in [1.165, 1.54) is 10.5 Å². The van der Waals surface area contributed by atoms with Crippen molar-refractivity contribution in [3.63, 3.8) is 0 Å². The van der Waals surface area contributed by atoms with Crippen molar-refractivity contribution >= 4 is 23.4 Å². The van der Waals surface area contributed by atoms with Gasteiger partial charge in [0.25, 0.3) is 5.91 Å². The first-order valence-corrected chi connectivity index (χ1v) is 10.4. The van der Waals surface area contributed by atoms with Crippen molar-refractivity contribution in [1.29, 1.82) is 0 Å². The highest BCUT2D eigenvalue weighted by Gasteiger charge is 2.16. The van der Waals surface area contributed by atoms with Gasteiger partial charge in [0.15, 0.2) is 6.10 Å². The predicted molar refractivity (Wildman–Crippen MR) is 119 cm³/mol. The number of aryl methyl sites for hydroxylation is 1. The Kier molecular flexibility index (Phi) is 7.19. The van der Waals surface area contributed by atoms with Crippen LogP contribution in [0.3, 0.4) is 0 Å².